The van der Waals surface area contributed by atoms with Crippen LogP contribution in [0.5, 0.6) is 0 Å². The molecule has 0 aliphatic carbocycles. The molecule has 2 saturated heterocycles. The van der Waals surface area contributed by atoms with Crippen LogP contribution in [0, 0.1) is 11.8 Å². The van der Waals surface area contributed by atoms with Crippen LogP contribution in [-0.2, 0) is 19.2 Å². The second-order valence-electron chi connectivity index (χ2n) is 8.99. The number of ketones is 1. The summed E-state index contributed by atoms with van der Waals surface area (Å²) < 4.78 is 0. The van der Waals surface area contributed by atoms with Gasteiger partial charge in [-0.1, -0.05) is 27.7 Å². The number of nitrogens with zero attached hydrogens (tertiary/aromatic N) is 2. The van der Waals surface area contributed by atoms with Crippen LogP contribution >= 0.6 is 0 Å². The van der Waals surface area contributed by atoms with Gasteiger partial charge in [0.2, 0.25) is 17.7 Å². The molecule has 8 nitrogen and oxygen atoms in total. The number of rotatable bonds is 7. The third-order valence-electron chi connectivity index (χ3n) is 6.08. The predicted molar refractivity (Wildman–Crippen MR) is 110 cm³/mol. The van der Waals surface area contributed by atoms with Crippen LogP contribution in [0.1, 0.15) is 60.3 Å². The van der Waals surface area contributed by atoms with Crippen molar-refractivity contribution in [2.45, 2.75) is 84.5 Å². The standard InChI is InChI=1S/C21H36N4O4/c1-12(2)17(22)20(28)25-11-7-9-16(25)19(27)23-18(13(3)4)21(29)24-10-6-8-15(24)14(5)26/h12-13,15-18H,6-11,22H2,1-5H3,(H,23,27). The van der Waals surface area contributed by atoms with Crippen LogP contribution in [0.25, 0.3) is 0 Å². The van der Waals surface area contributed by atoms with Crippen LogP contribution in [0.3, 0.4) is 0 Å². The Kier molecular flexibility index (Phi) is 7.80. The summed E-state index contributed by atoms with van der Waals surface area (Å²) in [4.78, 5) is 53.9. The van der Waals surface area contributed by atoms with Gasteiger partial charge in [0.15, 0.2) is 5.78 Å². The van der Waals surface area contributed by atoms with Crippen LogP contribution in [0.2, 0.25) is 0 Å². The number of amides is 3. The van der Waals surface area contributed by atoms with E-state index in [9.17, 15) is 19.2 Å². The molecule has 2 aliphatic rings. The molecule has 2 heterocycles. The number of hydrogen-bond donors (Lipinski definition) is 2. The number of carbonyl (C=O) groups excluding carboxylic acids is 4. The van der Waals surface area contributed by atoms with Crippen molar-refractivity contribution in [1.29, 1.82) is 0 Å². The maximum atomic E-state index is 13.1. The molecule has 0 bridgehead atoms. The van der Waals surface area contributed by atoms with Gasteiger partial charge in [0.1, 0.15) is 12.1 Å². The minimum absolute atomic E-state index is 0.0181. The molecule has 2 aliphatic heterocycles. The monoisotopic (exact) mass is 408 g/mol. The lowest BCUT2D eigenvalue weighted by atomic mass is 10.0. The highest BCUT2D eigenvalue weighted by molar-refractivity contribution is 5.95. The minimum Gasteiger partial charge on any atom is -0.342 e. The van der Waals surface area contributed by atoms with E-state index in [2.05, 4.69) is 5.32 Å². The lowest BCUT2D eigenvalue weighted by molar-refractivity contribution is -0.144. The molecule has 3 N–H and O–H groups in total. The van der Waals surface area contributed by atoms with Crippen molar-refractivity contribution < 1.29 is 19.2 Å². The highest BCUT2D eigenvalue weighted by atomic mass is 16.2. The fourth-order valence-corrected chi connectivity index (χ4v) is 4.17. The molecule has 2 fully saturated rings. The Bertz CT molecular complexity index is 649. The number of carbonyl (C=O) groups is 4. The molecule has 8 heteroatoms. The van der Waals surface area contributed by atoms with Gasteiger partial charge in [-0.05, 0) is 44.4 Å². The zero-order chi connectivity index (χ0) is 21.9. The minimum atomic E-state index is -0.723. The highest BCUT2D eigenvalue weighted by Gasteiger charge is 2.41. The molecule has 29 heavy (non-hydrogen) atoms. The summed E-state index contributed by atoms with van der Waals surface area (Å²) in [5.74, 6) is -0.946. The molecule has 4 atom stereocenters. The summed E-state index contributed by atoms with van der Waals surface area (Å²) >= 11 is 0. The van der Waals surface area contributed by atoms with Gasteiger partial charge in [0, 0.05) is 13.1 Å². The van der Waals surface area contributed by atoms with E-state index in [0.717, 1.165) is 12.8 Å². The van der Waals surface area contributed by atoms with Gasteiger partial charge in [0.25, 0.3) is 0 Å². The first-order chi connectivity index (χ1) is 13.6. The summed E-state index contributed by atoms with van der Waals surface area (Å²) in [6.45, 7) is 10.0. The summed E-state index contributed by atoms with van der Waals surface area (Å²) in [7, 11) is 0. The maximum absolute atomic E-state index is 13.1. The summed E-state index contributed by atoms with van der Waals surface area (Å²) in [5.41, 5.74) is 6.01. The molecular formula is C21H36N4O4. The van der Waals surface area contributed by atoms with E-state index < -0.39 is 24.2 Å². The van der Waals surface area contributed by atoms with E-state index in [-0.39, 0.29) is 35.3 Å². The van der Waals surface area contributed by atoms with Crippen molar-refractivity contribution in [2.75, 3.05) is 13.1 Å². The van der Waals surface area contributed by atoms with Crippen LogP contribution in [0.4, 0.5) is 0 Å². The smallest absolute Gasteiger partial charge is 0.246 e. The Morgan fingerprint density at radius 3 is 1.86 bits per heavy atom. The fraction of sp³-hybridized carbons (Fsp3) is 0.810. The second kappa shape index (κ2) is 9.69. The van der Waals surface area contributed by atoms with Crippen molar-refractivity contribution >= 4 is 23.5 Å². The molecule has 4 unspecified atom stereocenters. The van der Waals surface area contributed by atoms with E-state index >= 15 is 0 Å². The molecule has 0 saturated carbocycles. The Balaban J connectivity index is 2.11. The maximum Gasteiger partial charge on any atom is 0.246 e. The van der Waals surface area contributed by atoms with Crippen LogP contribution in [-0.4, -0.2) is 70.6 Å². The summed E-state index contributed by atoms with van der Waals surface area (Å²) in [5, 5.41) is 2.87. The van der Waals surface area contributed by atoms with Gasteiger partial charge in [-0.2, -0.15) is 0 Å². The molecular weight excluding hydrogens is 372 g/mol. The molecule has 0 aromatic carbocycles. The summed E-state index contributed by atoms with van der Waals surface area (Å²) in [6, 6.07) is -2.39. The topological polar surface area (TPSA) is 113 Å². The van der Waals surface area contributed by atoms with Gasteiger partial charge >= 0.3 is 0 Å². The largest absolute Gasteiger partial charge is 0.342 e. The van der Waals surface area contributed by atoms with Crippen LogP contribution < -0.4 is 11.1 Å². The van der Waals surface area contributed by atoms with Crippen molar-refractivity contribution in [3.05, 3.63) is 0 Å². The van der Waals surface area contributed by atoms with Crippen molar-refractivity contribution in [1.82, 2.24) is 15.1 Å². The van der Waals surface area contributed by atoms with Gasteiger partial charge in [-0.3, -0.25) is 19.2 Å². The van der Waals surface area contributed by atoms with Crippen molar-refractivity contribution in [2.24, 2.45) is 17.6 Å². The number of nitrogens with two attached hydrogens (primary N) is 1. The van der Waals surface area contributed by atoms with E-state index in [1.54, 1.807) is 9.80 Å². The molecule has 0 aromatic heterocycles. The Hall–Kier alpha value is -1.96. The molecule has 0 spiro atoms. The first-order valence-corrected chi connectivity index (χ1v) is 10.7. The van der Waals surface area contributed by atoms with Crippen molar-refractivity contribution in [3.8, 4) is 0 Å². The third kappa shape index (κ3) is 5.15. The number of Topliss-reactive ketones (excluding diaryl/α,β-unsaturated/α-hetero) is 1. The first kappa shape index (κ1) is 23.3. The zero-order valence-corrected chi connectivity index (χ0v) is 18.3. The number of likely N-dealkylation sites (tertiary alicyclic amines) is 2. The van der Waals surface area contributed by atoms with Crippen LogP contribution in [0.15, 0.2) is 0 Å². The lowest BCUT2D eigenvalue weighted by Crippen LogP contribution is -2.58. The second-order valence-corrected chi connectivity index (χ2v) is 8.99. The van der Waals surface area contributed by atoms with Crippen molar-refractivity contribution in [3.63, 3.8) is 0 Å². The van der Waals surface area contributed by atoms with E-state index in [0.29, 0.717) is 25.9 Å². The lowest BCUT2D eigenvalue weighted by Gasteiger charge is -2.32. The quantitative estimate of drug-likeness (QED) is 0.643. The molecule has 0 radical (unpaired) electrons. The Morgan fingerprint density at radius 1 is 0.862 bits per heavy atom. The number of nitrogens with one attached hydrogen (secondary N) is 1. The molecule has 2 rings (SSSR count). The van der Waals surface area contributed by atoms with E-state index in [1.165, 1.54) is 6.92 Å². The summed E-state index contributed by atoms with van der Waals surface area (Å²) in [6.07, 6.45) is 2.74. The first-order valence-electron chi connectivity index (χ1n) is 10.7. The van der Waals surface area contributed by atoms with Gasteiger partial charge in [-0.15, -0.1) is 0 Å². The SMILES string of the molecule is CC(=O)C1CCCN1C(=O)C(NC(=O)C1CCCN1C(=O)C(N)C(C)C)C(C)C. The molecule has 0 aromatic rings. The predicted octanol–water partition coefficient (Wildman–Crippen LogP) is 0.682. The average Bonchev–Trinajstić information content (AvgIpc) is 3.32. The average molecular weight is 409 g/mol. The normalized spacial score (nSPS) is 24.1. The Morgan fingerprint density at radius 2 is 1.38 bits per heavy atom. The molecule has 3 amide bonds. The van der Waals surface area contributed by atoms with E-state index in [4.69, 9.17) is 5.73 Å². The Labute approximate surface area is 173 Å². The van der Waals surface area contributed by atoms with E-state index in [1.807, 2.05) is 27.7 Å². The van der Waals surface area contributed by atoms with Gasteiger partial charge < -0.3 is 20.9 Å². The fourth-order valence-electron chi connectivity index (χ4n) is 4.17. The zero-order valence-electron chi connectivity index (χ0n) is 18.3. The number of hydrogen-bond acceptors (Lipinski definition) is 5. The van der Waals surface area contributed by atoms with Gasteiger partial charge in [0.05, 0.1) is 12.1 Å². The third-order valence-corrected chi connectivity index (χ3v) is 6.08. The molecule has 164 valence electrons. The van der Waals surface area contributed by atoms with Gasteiger partial charge in [-0.25, -0.2) is 0 Å². The highest BCUT2D eigenvalue weighted by Crippen LogP contribution is 2.23.